The van der Waals surface area contributed by atoms with Gasteiger partial charge in [-0.2, -0.15) is 4.31 Å². The molecule has 1 heterocycles. The van der Waals surface area contributed by atoms with Crippen molar-refractivity contribution in [2.24, 2.45) is 5.92 Å². The van der Waals surface area contributed by atoms with Gasteiger partial charge in [-0.05, 0) is 55.9 Å². The third kappa shape index (κ3) is 3.63. The van der Waals surface area contributed by atoms with Crippen molar-refractivity contribution in [2.45, 2.75) is 38.0 Å². The predicted octanol–water partition coefficient (Wildman–Crippen LogP) is 2.18. The molecule has 1 aromatic rings. The first kappa shape index (κ1) is 16.0. The number of rotatable bonds is 4. The molecule has 21 heavy (non-hydrogen) atoms. The number of nitrogens with zero attached hydrogens (tertiary/aromatic N) is 1. The van der Waals surface area contributed by atoms with Gasteiger partial charge in [0.25, 0.3) is 0 Å². The number of benzene rings is 1. The average molecular weight is 311 g/mol. The van der Waals surface area contributed by atoms with Gasteiger partial charge in [-0.25, -0.2) is 8.42 Å². The zero-order chi connectivity index (χ0) is 15.6. The van der Waals surface area contributed by atoms with Crippen LogP contribution in [0.3, 0.4) is 0 Å². The van der Waals surface area contributed by atoms with Gasteiger partial charge >= 0.3 is 5.97 Å². The lowest BCUT2D eigenvalue weighted by Crippen LogP contribution is -2.40. The summed E-state index contributed by atoms with van der Waals surface area (Å²) in [4.78, 5) is 11.1. The number of sulfonamides is 1. The fourth-order valence-corrected chi connectivity index (χ4v) is 4.32. The van der Waals surface area contributed by atoms with E-state index in [-0.39, 0.29) is 12.3 Å². The highest BCUT2D eigenvalue weighted by molar-refractivity contribution is 7.89. The number of piperidine rings is 1. The Kier molecular flexibility index (Phi) is 4.68. The van der Waals surface area contributed by atoms with Gasteiger partial charge in [0.15, 0.2) is 0 Å². The molecule has 6 heteroatoms. The van der Waals surface area contributed by atoms with Crippen LogP contribution in [0.4, 0.5) is 0 Å². The first-order valence-corrected chi connectivity index (χ1v) is 8.54. The van der Waals surface area contributed by atoms with Crippen molar-refractivity contribution in [3.8, 4) is 0 Å². The summed E-state index contributed by atoms with van der Waals surface area (Å²) in [6.07, 6.45) is 1.51. The molecule has 1 aliphatic heterocycles. The van der Waals surface area contributed by atoms with Gasteiger partial charge in [-0.3, -0.25) is 4.79 Å². The first-order chi connectivity index (χ1) is 9.80. The Morgan fingerprint density at radius 2 is 2.05 bits per heavy atom. The van der Waals surface area contributed by atoms with Gasteiger partial charge < -0.3 is 5.11 Å². The van der Waals surface area contributed by atoms with Crippen LogP contribution in [0.15, 0.2) is 23.1 Å². The summed E-state index contributed by atoms with van der Waals surface area (Å²) < 4.78 is 26.7. The van der Waals surface area contributed by atoms with Crippen LogP contribution >= 0.6 is 0 Å². The first-order valence-electron chi connectivity index (χ1n) is 7.10. The Labute approximate surface area is 125 Å². The van der Waals surface area contributed by atoms with E-state index in [1.807, 2.05) is 13.8 Å². The zero-order valence-corrected chi connectivity index (χ0v) is 13.2. The SMILES string of the molecule is Cc1ccc(S(=O)(=O)N2CCCC(CC(=O)O)C2)cc1C. The Bertz CT molecular complexity index is 639. The molecule has 1 N–H and O–H groups in total. The molecule has 1 atom stereocenters. The van der Waals surface area contributed by atoms with Crippen LogP contribution in [0.2, 0.25) is 0 Å². The minimum Gasteiger partial charge on any atom is -0.481 e. The van der Waals surface area contributed by atoms with E-state index in [9.17, 15) is 13.2 Å². The summed E-state index contributed by atoms with van der Waals surface area (Å²) in [5.74, 6) is -0.969. The molecule has 0 spiro atoms. The van der Waals surface area contributed by atoms with Crippen molar-refractivity contribution in [1.29, 1.82) is 0 Å². The number of carboxylic acids is 1. The Hall–Kier alpha value is -1.40. The molecule has 0 amide bonds. The second-order valence-electron chi connectivity index (χ2n) is 5.72. The largest absolute Gasteiger partial charge is 0.481 e. The monoisotopic (exact) mass is 311 g/mol. The van der Waals surface area contributed by atoms with Crippen LogP contribution in [-0.4, -0.2) is 36.9 Å². The average Bonchev–Trinajstić information content (AvgIpc) is 2.41. The highest BCUT2D eigenvalue weighted by Crippen LogP contribution is 2.26. The number of hydrogen-bond donors (Lipinski definition) is 1. The van der Waals surface area contributed by atoms with Gasteiger partial charge in [-0.1, -0.05) is 6.07 Å². The van der Waals surface area contributed by atoms with E-state index in [1.165, 1.54) is 4.31 Å². The van der Waals surface area contributed by atoms with Gasteiger partial charge in [0, 0.05) is 19.5 Å². The quantitative estimate of drug-likeness (QED) is 0.925. The molecule has 0 bridgehead atoms. The van der Waals surface area contributed by atoms with E-state index in [0.29, 0.717) is 24.4 Å². The summed E-state index contributed by atoms with van der Waals surface area (Å²) in [6.45, 7) is 4.58. The van der Waals surface area contributed by atoms with Gasteiger partial charge in [0.2, 0.25) is 10.0 Å². The molecule has 0 aromatic heterocycles. The van der Waals surface area contributed by atoms with Crippen LogP contribution < -0.4 is 0 Å². The van der Waals surface area contributed by atoms with E-state index in [4.69, 9.17) is 5.11 Å². The van der Waals surface area contributed by atoms with Crippen LogP contribution in [0, 0.1) is 19.8 Å². The lowest BCUT2D eigenvalue weighted by atomic mass is 9.96. The topological polar surface area (TPSA) is 74.7 Å². The maximum Gasteiger partial charge on any atom is 0.303 e. The lowest BCUT2D eigenvalue weighted by Gasteiger charge is -2.31. The van der Waals surface area contributed by atoms with Crippen LogP contribution in [-0.2, 0) is 14.8 Å². The van der Waals surface area contributed by atoms with Crippen LogP contribution in [0.1, 0.15) is 30.4 Å². The maximum absolute atomic E-state index is 12.7. The highest BCUT2D eigenvalue weighted by Gasteiger charge is 2.31. The molecule has 116 valence electrons. The number of aliphatic carboxylic acids is 1. The van der Waals surface area contributed by atoms with Crippen molar-refractivity contribution >= 4 is 16.0 Å². The molecule has 5 nitrogen and oxygen atoms in total. The smallest absolute Gasteiger partial charge is 0.303 e. The van der Waals surface area contributed by atoms with E-state index >= 15 is 0 Å². The summed E-state index contributed by atoms with van der Waals surface area (Å²) in [7, 11) is -3.53. The Balaban J connectivity index is 2.22. The normalized spacial score (nSPS) is 20.4. The molecule has 2 rings (SSSR count). The molecule has 1 unspecified atom stereocenters. The molecule has 0 radical (unpaired) electrons. The lowest BCUT2D eigenvalue weighted by molar-refractivity contribution is -0.138. The summed E-state index contributed by atoms with van der Waals surface area (Å²) >= 11 is 0. The molecule has 1 aromatic carbocycles. The summed E-state index contributed by atoms with van der Waals surface area (Å²) in [5, 5.41) is 8.87. The third-order valence-corrected chi connectivity index (χ3v) is 5.92. The molecule has 1 fully saturated rings. The van der Waals surface area contributed by atoms with Crippen molar-refractivity contribution in [3.05, 3.63) is 29.3 Å². The van der Waals surface area contributed by atoms with Gasteiger partial charge in [0.1, 0.15) is 0 Å². The molecular weight excluding hydrogens is 290 g/mol. The predicted molar refractivity (Wildman–Crippen MR) is 79.7 cm³/mol. The van der Waals surface area contributed by atoms with Crippen molar-refractivity contribution in [1.82, 2.24) is 4.31 Å². The number of carboxylic acid groups (broad SMARTS) is 1. The van der Waals surface area contributed by atoms with Crippen LogP contribution in [0.25, 0.3) is 0 Å². The zero-order valence-electron chi connectivity index (χ0n) is 12.4. The Morgan fingerprint density at radius 3 is 2.67 bits per heavy atom. The summed E-state index contributed by atoms with van der Waals surface area (Å²) in [6, 6.07) is 5.12. The third-order valence-electron chi connectivity index (χ3n) is 4.06. The summed E-state index contributed by atoms with van der Waals surface area (Å²) in [5.41, 5.74) is 1.99. The number of hydrogen-bond acceptors (Lipinski definition) is 3. The van der Waals surface area contributed by atoms with Crippen LogP contribution in [0.5, 0.6) is 0 Å². The second kappa shape index (κ2) is 6.15. The van der Waals surface area contributed by atoms with E-state index in [2.05, 4.69) is 0 Å². The number of aryl methyl sites for hydroxylation is 2. The highest BCUT2D eigenvalue weighted by atomic mass is 32.2. The molecule has 1 saturated heterocycles. The van der Waals surface area contributed by atoms with E-state index in [0.717, 1.165) is 17.5 Å². The van der Waals surface area contributed by atoms with Crippen molar-refractivity contribution in [2.75, 3.05) is 13.1 Å². The Morgan fingerprint density at radius 1 is 1.33 bits per heavy atom. The second-order valence-corrected chi connectivity index (χ2v) is 7.65. The maximum atomic E-state index is 12.7. The molecular formula is C15H21NO4S. The fraction of sp³-hybridized carbons (Fsp3) is 0.533. The van der Waals surface area contributed by atoms with Gasteiger partial charge in [-0.15, -0.1) is 0 Å². The van der Waals surface area contributed by atoms with Crippen molar-refractivity contribution in [3.63, 3.8) is 0 Å². The number of carbonyl (C=O) groups is 1. The van der Waals surface area contributed by atoms with E-state index in [1.54, 1.807) is 18.2 Å². The standard InChI is InChI=1S/C15H21NO4S/c1-11-5-6-14(8-12(11)2)21(19,20)16-7-3-4-13(10-16)9-15(17)18/h5-6,8,13H,3-4,7,9-10H2,1-2H3,(H,17,18). The molecule has 1 aliphatic rings. The fourth-order valence-electron chi connectivity index (χ4n) is 2.68. The minimum absolute atomic E-state index is 0.0267. The van der Waals surface area contributed by atoms with Gasteiger partial charge in [0.05, 0.1) is 4.90 Å². The molecule has 0 aliphatic carbocycles. The molecule has 0 saturated carbocycles. The van der Waals surface area contributed by atoms with E-state index < -0.39 is 16.0 Å². The minimum atomic E-state index is -3.53. The van der Waals surface area contributed by atoms with Crippen molar-refractivity contribution < 1.29 is 18.3 Å².